The van der Waals surface area contributed by atoms with Crippen LogP contribution in [-0.2, 0) is 14.8 Å². The summed E-state index contributed by atoms with van der Waals surface area (Å²) in [5.41, 5.74) is 0.864. The molecule has 0 aliphatic rings. The number of anilines is 1. The lowest BCUT2D eigenvalue weighted by Crippen LogP contribution is -2.16. The van der Waals surface area contributed by atoms with Gasteiger partial charge in [-0.25, -0.2) is 13.2 Å². The molecule has 0 bridgehead atoms. The maximum Gasteiger partial charge on any atom is 0.338 e. The van der Waals surface area contributed by atoms with Gasteiger partial charge in [0.2, 0.25) is 10.0 Å². The molecular formula is C14H21NO4S. The third-order valence-corrected chi connectivity index (χ3v) is 4.09. The van der Waals surface area contributed by atoms with Crippen molar-refractivity contribution in [2.24, 2.45) is 0 Å². The van der Waals surface area contributed by atoms with Gasteiger partial charge in [0.15, 0.2) is 0 Å². The van der Waals surface area contributed by atoms with E-state index in [1.54, 1.807) is 31.2 Å². The first kappa shape index (κ1) is 16.5. The highest BCUT2D eigenvalue weighted by molar-refractivity contribution is 7.92. The number of carbonyl (C=O) groups is 1. The van der Waals surface area contributed by atoms with Crippen LogP contribution < -0.4 is 4.72 Å². The Morgan fingerprint density at radius 3 is 2.35 bits per heavy atom. The summed E-state index contributed by atoms with van der Waals surface area (Å²) in [6.45, 7) is 4.22. The lowest BCUT2D eigenvalue weighted by Gasteiger charge is -2.08. The largest absolute Gasteiger partial charge is 0.462 e. The SMILES string of the molecule is CCCCOC(=O)c1ccc(NS(=O)(=O)CCC)cc1. The monoisotopic (exact) mass is 299 g/mol. The fraction of sp³-hybridized carbons (Fsp3) is 0.500. The molecule has 20 heavy (non-hydrogen) atoms. The zero-order valence-electron chi connectivity index (χ0n) is 11.9. The first-order chi connectivity index (χ1) is 9.48. The lowest BCUT2D eigenvalue weighted by molar-refractivity contribution is 0.0500. The number of carbonyl (C=O) groups excluding carboxylic acids is 1. The molecule has 0 heterocycles. The fourth-order valence-corrected chi connectivity index (χ4v) is 2.70. The highest BCUT2D eigenvalue weighted by atomic mass is 32.2. The summed E-state index contributed by atoms with van der Waals surface area (Å²) in [4.78, 5) is 11.7. The van der Waals surface area contributed by atoms with Crippen LogP contribution in [0.4, 0.5) is 5.69 Å². The Balaban J connectivity index is 2.62. The minimum Gasteiger partial charge on any atom is -0.462 e. The lowest BCUT2D eigenvalue weighted by atomic mass is 10.2. The molecule has 1 N–H and O–H groups in total. The van der Waals surface area contributed by atoms with Gasteiger partial charge in [0.1, 0.15) is 0 Å². The molecule has 0 aliphatic heterocycles. The predicted molar refractivity (Wildman–Crippen MR) is 79.3 cm³/mol. The van der Waals surface area contributed by atoms with E-state index in [1.165, 1.54) is 0 Å². The van der Waals surface area contributed by atoms with Crippen molar-refractivity contribution in [1.82, 2.24) is 0 Å². The Labute approximate surface area is 120 Å². The minimum atomic E-state index is -3.30. The Morgan fingerprint density at radius 1 is 1.15 bits per heavy atom. The Morgan fingerprint density at radius 2 is 1.80 bits per heavy atom. The topological polar surface area (TPSA) is 72.5 Å². The number of nitrogens with one attached hydrogen (secondary N) is 1. The predicted octanol–water partition coefficient (Wildman–Crippen LogP) is 2.80. The molecule has 0 radical (unpaired) electrons. The molecule has 0 aliphatic carbocycles. The van der Waals surface area contributed by atoms with Gasteiger partial charge in [-0.15, -0.1) is 0 Å². The number of unbranched alkanes of at least 4 members (excludes halogenated alkanes) is 1. The van der Waals surface area contributed by atoms with E-state index in [2.05, 4.69) is 4.72 Å². The van der Waals surface area contributed by atoms with Gasteiger partial charge in [-0.05, 0) is 37.1 Å². The van der Waals surface area contributed by atoms with Crippen molar-refractivity contribution in [3.8, 4) is 0 Å². The van der Waals surface area contributed by atoms with E-state index in [1.807, 2.05) is 6.92 Å². The molecular weight excluding hydrogens is 278 g/mol. The molecule has 0 aromatic heterocycles. The standard InChI is InChI=1S/C14H21NO4S/c1-3-5-10-19-14(16)12-6-8-13(9-7-12)15-20(17,18)11-4-2/h6-9,15H,3-5,10-11H2,1-2H3. The summed E-state index contributed by atoms with van der Waals surface area (Å²) < 4.78 is 30.7. The van der Waals surface area contributed by atoms with E-state index in [-0.39, 0.29) is 11.7 Å². The number of hydrogen-bond donors (Lipinski definition) is 1. The average molecular weight is 299 g/mol. The maximum absolute atomic E-state index is 11.7. The minimum absolute atomic E-state index is 0.0772. The Kier molecular flexibility index (Phi) is 6.51. The fourth-order valence-electron chi connectivity index (χ4n) is 1.57. The van der Waals surface area contributed by atoms with Crippen molar-refractivity contribution in [2.45, 2.75) is 33.1 Å². The zero-order chi connectivity index (χ0) is 15.0. The van der Waals surface area contributed by atoms with Crippen LogP contribution in [0.5, 0.6) is 0 Å². The third-order valence-electron chi connectivity index (χ3n) is 2.60. The van der Waals surface area contributed by atoms with Gasteiger partial charge in [0, 0.05) is 5.69 Å². The number of sulfonamides is 1. The molecule has 0 amide bonds. The number of benzene rings is 1. The molecule has 6 heteroatoms. The van der Waals surface area contributed by atoms with Gasteiger partial charge in [0.25, 0.3) is 0 Å². The normalized spacial score (nSPS) is 11.1. The van der Waals surface area contributed by atoms with Crippen molar-refractivity contribution in [1.29, 1.82) is 0 Å². The molecule has 1 aromatic carbocycles. The molecule has 0 saturated carbocycles. The van der Waals surface area contributed by atoms with E-state index in [0.29, 0.717) is 24.3 Å². The van der Waals surface area contributed by atoms with Gasteiger partial charge in [-0.3, -0.25) is 4.72 Å². The smallest absolute Gasteiger partial charge is 0.338 e. The first-order valence-electron chi connectivity index (χ1n) is 6.76. The van der Waals surface area contributed by atoms with Crippen LogP contribution in [0.3, 0.4) is 0 Å². The molecule has 0 spiro atoms. The van der Waals surface area contributed by atoms with Crippen molar-refractivity contribution in [3.05, 3.63) is 29.8 Å². The van der Waals surface area contributed by atoms with Gasteiger partial charge in [-0.2, -0.15) is 0 Å². The highest BCUT2D eigenvalue weighted by Crippen LogP contribution is 2.13. The van der Waals surface area contributed by atoms with Gasteiger partial charge in [-0.1, -0.05) is 20.3 Å². The Bertz CT molecular complexity index is 523. The Hall–Kier alpha value is -1.56. The second-order valence-corrected chi connectivity index (χ2v) is 6.33. The van der Waals surface area contributed by atoms with Crippen LogP contribution >= 0.6 is 0 Å². The summed E-state index contributed by atoms with van der Waals surface area (Å²) in [7, 11) is -3.30. The molecule has 1 aromatic rings. The zero-order valence-corrected chi connectivity index (χ0v) is 12.7. The summed E-state index contributed by atoms with van der Waals surface area (Å²) in [6.07, 6.45) is 2.35. The van der Waals surface area contributed by atoms with Crippen LogP contribution in [0.2, 0.25) is 0 Å². The van der Waals surface area contributed by atoms with Crippen LogP contribution in [0.25, 0.3) is 0 Å². The molecule has 0 saturated heterocycles. The van der Waals surface area contributed by atoms with E-state index in [4.69, 9.17) is 4.74 Å². The van der Waals surface area contributed by atoms with E-state index < -0.39 is 10.0 Å². The maximum atomic E-state index is 11.7. The van der Waals surface area contributed by atoms with Crippen LogP contribution in [-0.4, -0.2) is 26.7 Å². The van der Waals surface area contributed by atoms with Gasteiger partial charge in [0.05, 0.1) is 17.9 Å². The highest BCUT2D eigenvalue weighted by Gasteiger charge is 2.10. The molecule has 5 nitrogen and oxygen atoms in total. The first-order valence-corrected chi connectivity index (χ1v) is 8.41. The second-order valence-electron chi connectivity index (χ2n) is 4.49. The quantitative estimate of drug-likeness (QED) is 0.592. The van der Waals surface area contributed by atoms with Crippen molar-refractivity contribution >= 4 is 21.7 Å². The van der Waals surface area contributed by atoms with Crippen LogP contribution in [0, 0.1) is 0 Å². The number of rotatable bonds is 8. The summed E-state index contributed by atoms with van der Waals surface area (Å²) in [5, 5.41) is 0. The van der Waals surface area contributed by atoms with E-state index in [0.717, 1.165) is 12.8 Å². The van der Waals surface area contributed by atoms with Crippen molar-refractivity contribution in [3.63, 3.8) is 0 Å². The molecule has 0 fully saturated rings. The summed E-state index contributed by atoms with van der Waals surface area (Å²) in [6, 6.07) is 6.23. The second kappa shape index (κ2) is 7.89. The number of hydrogen-bond acceptors (Lipinski definition) is 4. The molecule has 0 atom stereocenters. The number of ether oxygens (including phenoxy) is 1. The van der Waals surface area contributed by atoms with E-state index in [9.17, 15) is 13.2 Å². The summed E-state index contributed by atoms with van der Waals surface area (Å²) >= 11 is 0. The van der Waals surface area contributed by atoms with Crippen LogP contribution in [0.15, 0.2) is 24.3 Å². The van der Waals surface area contributed by atoms with Crippen LogP contribution in [0.1, 0.15) is 43.5 Å². The van der Waals surface area contributed by atoms with Crippen molar-refractivity contribution < 1.29 is 17.9 Å². The third kappa shape index (κ3) is 5.61. The number of esters is 1. The van der Waals surface area contributed by atoms with Crippen molar-refractivity contribution in [2.75, 3.05) is 17.1 Å². The molecule has 112 valence electrons. The average Bonchev–Trinajstić information content (AvgIpc) is 2.39. The van der Waals surface area contributed by atoms with Gasteiger partial charge >= 0.3 is 5.97 Å². The summed E-state index contributed by atoms with van der Waals surface area (Å²) in [5.74, 6) is -0.310. The molecule has 1 rings (SSSR count). The molecule has 0 unspecified atom stereocenters. The van der Waals surface area contributed by atoms with E-state index >= 15 is 0 Å². The van der Waals surface area contributed by atoms with Gasteiger partial charge < -0.3 is 4.74 Å².